The molecule has 0 saturated carbocycles. The second-order valence-corrected chi connectivity index (χ2v) is 8.75. The molecule has 6 nitrogen and oxygen atoms in total. The van der Waals surface area contributed by atoms with Gasteiger partial charge in [0.25, 0.3) is 0 Å². The predicted molar refractivity (Wildman–Crippen MR) is 68.2 cm³/mol. The van der Waals surface area contributed by atoms with E-state index in [0.717, 1.165) is 17.6 Å². The molecular formula is C8H14N2O4S3. The molecule has 0 fully saturated rings. The molecule has 0 atom stereocenters. The fourth-order valence-corrected chi connectivity index (χ4v) is 3.95. The lowest BCUT2D eigenvalue weighted by molar-refractivity contribution is 0.579. The van der Waals surface area contributed by atoms with Crippen LogP contribution in [-0.4, -0.2) is 35.4 Å². The molecular weight excluding hydrogens is 284 g/mol. The van der Waals surface area contributed by atoms with E-state index in [2.05, 4.69) is 4.72 Å². The first-order chi connectivity index (χ1) is 7.71. The number of anilines is 1. The van der Waals surface area contributed by atoms with Crippen LogP contribution in [0.1, 0.15) is 6.42 Å². The summed E-state index contributed by atoms with van der Waals surface area (Å²) < 4.78 is 47.5. The van der Waals surface area contributed by atoms with Gasteiger partial charge in [-0.1, -0.05) is 0 Å². The van der Waals surface area contributed by atoms with Crippen LogP contribution in [0, 0.1) is 0 Å². The van der Waals surface area contributed by atoms with Gasteiger partial charge in [0.2, 0.25) is 10.0 Å². The molecule has 1 aromatic rings. The molecule has 0 radical (unpaired) electrons. The number of sulfonamides is 1. The van der Waals surface area contributed by atoms with E-state index in [9.17, 15) is 16.8 Å². The van der Waals surface area contributed by atoms with E-state index in [4.69, 9.17) is 5.73 Å². The minimum atomic E-state index is -3.56. The van der Waals surface area contributed by atoms with Crippen molar-refractivity contribution in [3.05, 3.63) is 11.4 Å². The van der Waals surface area contributed by atoms with Gasteiger partial charge < -0.3 is 5.73 Å². The molecule has 0 amide bonds. The number of sulfone groups is 1. The second-order valence-electron chi connectivity index (χ2n) is 3.58. The van der Waals surface area contributed by atoms with Crippen molar-refractivity contribution in [2.45, 2.75) is 10.6 Å². The molecule has 1 heterocycles. The highest BCUT2D eigenvalue weighted by atomic mass is 32.2. The summed E-state index contributed by atoms with van der Waals surface area (Å²) in [6.07, 6.45) is 1.36. The van der Waals surface area contributed by atoms with Crippen molar-refractivity contribution in [2.75, 3.05) is 24.3 Å². The molecule has 9 heteroatoms. The number of hydrogen-bond acceptors (Lipinski definition) is 6. The maximum absolute atomic E-state index is 11.7. The molecule has 0 bridgehead atoms. The van der Waals surface area contributed by atoms with Gasteiger partial charge in [-0.25, -0.2) is 21.6 Å². The Bertz CT molecular complexity index is 574. The monoisotopic (exact) mass is 298 g/mol. The Kier molecular flexibility index (Phi) is 4.53. The summed E-state index contributed by atoms with van der Waals surface area (Å²) in [5.74, 6) is -0.0396. The quantitative estimate of drug-likeness (QED) is 0.721. The molecule has 0 spiro atoms. The highest BCUT2D eigenvalue weighted by Crippen LogP contribution is 2.21. The van der Waals surface area contributed by atoms with Crippen molar-refractivity contribution in [3.8, 4) is 0 Å². The van der Waals surface area contributed by atoms with E-state index in [1.807, 2.05) is 0 Å². The van der Waals surface area contributed by atoms with Crippen molar-refractivity contribution in [1.29, 1.82) is 0 Å². The topological polar surface area (TPSA) is 106 Å². The van der Waals surface area contributed by atoms with Crippen molar-refractivity contribution in [3.63, 3.8) is 0 Å². The van der Waals surface area contributed by atoms with Crippen LogP contribution in [0.3, 0.4) is 0 Å². The Hall–Kier alpha value is -0.640. The maximum Gasteiger partial charge on any atom is 0.250 e. The average Bonchev–Trinajstić information content (AvgIpc) is 2.59. The smallest absolute Gasteiger partial charge is 0.250 e. The molecule has 1 rings (SSSR count). The maximum atomic E-state index is 11.7. The summed E-state index contributed by atoms with van der Waals surface area (Å²) in [5.41, 5.74) is 5.82. The minimum Gasteiger partial charge on any atom is -0.398 e. The van der Waals surface area contributed by atoms with Crippen molar-refractivity contribution in [1.82, 2.24) is 4.72 Å². The third-order valence-electron chi connectivity index (χ3n) is 1.84. The fraction of sp³-hybridized carbons (Fsp3) is 0.500. The molecule has 0 aromatic carbocycles. The Labute approximate surface area is 105 Å². The SMILES string of the molecule is CS(=O)(=O)CCCNS(=O)(=O)c1cc(N)cs1. The number of hydrogen-bond donors (Lipinski definition) is 2. The summed E-state index contributed by atoms with van der Waals surface area (Å²) >= 11 is 1.03. The van der Waals surface area contributed by atoms with Crippen molar-refractivity contribution in [2.24, 2.45) is 0 Å². The van der Waals surface area contributed by atoms with Crippen molar-refractivity contribution < 1.29 is 16.8 Å². The van der Waals surface area contributed by atoms with Gasteiger partial charge in [-0.3, -0.25) is 0 Å². The zero-order chi connectivity index (χ0) is 13.1. The van der Waals surface area contributed by atoms with E-state index in [0.29, 0.717) is 5.69 Å². The van der Waals surface area contributed by atoms with Gasteiger partial charge >= 0.3 is 0 Å². The minimum absolute atomic E-state index is 0.0396. The van der Waals surface area contributed by atoms with Gasteiger partial charge in [-0.05, 0) is 12.5 Å². The van der Waals surface area contributed by atoms with Crippen LogP contribution in [0.25, 0.3) is 0 Å². The van der Waals surface area contributed by atoms with E-state index in [1.54, 1.807) is 0 Å². The highest BCUT2D eigenvalue weighted by Gasteiger charge is 2.15. The third-order valence-corrected chi connectivity index (χ3v) is 5.79. The first kappa shape index (κ1) is 14.4. The number of thiophene rings is 1. The highest BCUT2D eigenvalue weighted by molar-refractivity contribution is 7.91. The Balaban J connectivity index is 2.52. The van der Waals surface area contributed by atoms with Gasteiger partial charge in [0.1, 0.15) is 14.0 Å². The second kappa shape index (κ2) is 5.34. The Morgan fingerprint density at radius 3 is 2.47 bits per heavy atom. The number of nitrogen functional groups attached to an aromatic ring is 1. The molecule has 0 aliphatic carbocycles. The standard InChI is InChI=1S/C8H14N2O4S3/c1-16(11,12)4-2-3-10-17(13,14)8-5-7(9)6-15-8/h5-6,10H,2-4,9H2,1H3. The summed E-state index contributed by atoms with van der Waals surface area (Å²) in [6, 6.07) is 1.36. The number of nitrogens with one attached hydrogen (secondary N) is 1. The molecule has 1 aromatic heterocycles. The largest absolute Gasteiger partial charge is 0.398 e. The van der Waals surface area contributed by atoms with E-state index in [-0.39, 0.29) is 22.9 Å². The zero-order valence-corrected chi connectivity index (χ0v) is 11.7. The fourth-order valence-electron chi connectivity index (χ4n) is 1.08. The van der Waals surface area contributed by atoms with Gasteiger partial charge in [0.05, 0.1) is 5.75 Å². The number of nitrogens with two attached hydrogens (primary N) is 1. The van der Waals surface area contributed by atoms with Gasteiger partial charge in [-0.15, -0.1) is 11.3 Å². The van der Waals surface area contributed by atoms with E-state index < -0.39 is 19.9 Å². The van der Waals surface area contributed by atoms with Crippen LogP contribution in [0.4, 0.5) is 5.69 Å². The van der Waals surface area contributed by atoms with Gasteiger partial charge in [0.15, 0.2) is 0 Å². The van der Waals surface area contributed by atoms with Crippen LogP contribution >= 0.6 is 11.3 Å². The molecule has 0 aliphatic heterocycles. The molecule has 3 N–H and O–H groups in total. The van der Waals surface area contributed by atoms with Crippen LogP contribution in [0.15, 0.2) is 15.7 Å². The average molecular weight is 298 g/mol. The van der Waals surface area contributed by atoms with Gasteiger partial charge in [0, 0.05) is 23.9 Å². The molecule has 98 valence electrons. The first-order valence-corrected chi connectivity index (χ1v) is 9.14. The van der Waals surface area contributed by atoms with Crippen LogP contribution in [0.2, 0.25) is 0 Å². The summed E-state index contributed by atoms with van der Waals surface area (Å²) in [7, 11) is -6.62. The van der Waals surface area contributed by atoms with Crippen molar-refractivity contribution >= 4 is 36.9 Å². The van der Waals surface area contributed by atoms with Crippen LogP contribution < -0.4 is 10.5 Å². The third kappa shape index (κ3) is 5.02. The summed E-state index contributed by atoms with van der Waals surface area (Å²) in [4.78, 5) is 0. The summed E-state index contributed by atoms with van der Waals surface area (Å²) in [5, 5.41) is 1.53. The molecule has 0 aliphatic rings. The zero-order valence-electron chi connectivity index (χ0n) is 9.21. The normalized spacial score (nSPS) is 12.8. The van der Waals surface area contributed by atoms with Gasteiger partial charge in [-0.2, -0.15) is 0 Å². The van der Waals surface area contributed by atoms with Crippen LogP contribution in [-0.2, 0) is 19.9 Å². The molecule has 0 unspecified atom stereocenters. The first-order valence-electron chi connectivity index (χ1n) is 4.72. The van der Waals surface area contributed by atoms with E-state index in [1.165, 1.54) is 11.4 Å². The Morgan fingerprint density at radius 1 is 1.35 bits per heavy atom. The molecule has 0 saturated heterocycles. The lowest BCUT2D eigenvalue weighted by atomic mass is 10.5. The predicted octanol–water partition coefficient (Wildman–Crippen LogP) is 0.0433. The Morgan fingerprint density at radius 2 is 2.00 bits per heavy atom. The number of rotatable bonds is 6. The summed E-state index contributed by atoms with van der Waals surface area (Å²) in [6.45, 7) is 0.0905. The lowest BCUT2D eigenvalue weighted by Gasteiger charge is -2.03. The van der Waals surface area contributed by atoms with Crippen LogP contribution in [0.5, 0.6) is 0 Å². The lowest BCUT2D eigenvalue weighted by Crippen LogP contribution is -2.25. The van der Waals surface area contributed by atoms with E-state index >= 15 is 0 Å². The molecule has 17 heavy (non-hydrogen) atoms.